The van der Waals surface area contributed by atoms with Crippen LogP contribution in [0.4, 0.5) is 0 Å². The van der Waals surface area contributed by atoms with Gasteiger partial charge in [0.15, 0.2) is 9.84 Å². The van der Waals surface area contributed by atoms with Crippen molar-refractivity contribution in [1.82, 2.24) is 0 Å². The highest BCUT2D eigenvalue weighted by molar-refractivity contribution is 7.94. The number of hydrogen-bond acceptors (Lipinski definition) is 2. The number of sulfone groups is 1. The van der Waals surface area contributed by atoms with Crippen LogP contribution in [0.2, 0.25) is 0 Å². The highest BCUT2D eigenvalue weighted by Gasteiger charge is 2.10. The maximum absolute atomic E-state index is 12.1. The second-order valence-electron chi connectivity index (χ2n) is 5.34. The summed E-state index contributed by atoms with van der Waals surface area (Å²) in [5.74, 6) is 0. The highest BCUT2D eigenvalue weighted by Crippen LogP contribution is 2.17. The molecule has 0 radical (unpaired) electrons. The van der Waals surface area contributed by atoms with Crippen LogP contribution in [-0.2, 0) is 9.84 Å². The van der Waals surface area contributed by atoms with Crippen LogP contribution in [0, 0.1) is 0 Å². The molecule has 3 heteroatoms. The molecule has 0 unspecified atom stereocenters. The molecule has 0 bridgehead atoms. The quantitative estimate of drug-likeness (QED) is 0.593. The lowest BCUT2D eigenvalue weighted by Gasteiger charge is -2.03. The monoisotopic (exact) mass is 294 g/mol. The predicted octanol–water partition coefficient (Wildman–Crippen LogP) is 5.11. The van der Waals surface area contributed by atoms with Gasteiger partial charge >= 0.3 is 0 Å². The molecule has 1 aromatic carbocycles. The molecule has 0 aromatic heterocycles. The summed E-state index contributed by atoms with van der Waals surface area (Å²) in [6.45, 7) is 4.12. The zero-order valence-electron chi connectivity index (χ0n) is 12.6. The number of allylic oxidation sites excluding steroid dienone is 1. The molecule has 0 aliphatic rings. The summed E-state index contributed by atoms with van der Waals surface area (Å²) >= 11 is 0. The summed E-state index contributed by atoms with van der Waals surface area (Å²) in [4.78, 5) is 0.377. The Morgan fingerprint density at radius 3 is 2.25 bits per heavy atom. The fourth-order valence-electron chi connectivity index (χ4n) is 2.19. The van der Waals surface area contributed by atoms with Crippen molar-refractivity contribution in [3.05, 3.63) is 41.3 Å². The Labute approximate surface area is 123 Å². The molecule has 1 aromatic rings. The lowest BCUT2D eigenvalue weighted by Crippen LogP contribution is -1.97. The number of hydrogen-bond donors (Lipinski definition) is 0. The zero-order valence-corrected chi connectivity index (χ0v) is 13.5. The van der Waals surface area contributed by atoms with Crippen LogP contribution in [0.15, 0.2) is 46.2 Å². The van der Waals surface area contributed by atoms with Crippen molar-refractivity contribution in [3.63, 3.8) is 0 Å². The van der Waals surface area contributed by atoms with Crippen LogP contribution in [0.1, 0.15) is 58.8 Å². The molecule has 0 saturated heterocycles. The lowest BCUT2D eigenvalue weighted by atomic mass is 10.1. The molecule has 112 valence electrons. The minimum absolute atomic E-state index is 0.377. The van der Waals surface area contributed by atoms with Crippen LogP contribution in [0.25, 0.3) is 0 Å². The molecule has 0 fully saturated rings. The van der Waals surface area contributed by atoms with E-state index in [2.05, 4.69) is 6.92 Å². The molecule has 0 atom stereocenters. The third kappa shape index (κ3) is 6.38. The fraction of sp³-hybridized carbons (Fsp3) is 0.529. The second kappa shape index (κ2) is 8.96. The van der Waals surface area contributed by atoms with Gasteiger partial charge < -0.3 is 0 Å². The molecule has 20 heavy (non-hydrogen) atoms. The van der Waals surface area contributed by atoms with E-state index in [1.165, 1.54) is 37.5 Å². The average molecular weight is 294 g/mol. The van der Waals surface area contributed by atoms with E-state index in [-0.39, 0.29) is 0 Å². The van der Waals surface area contributed by atoms with Crippen molar-refractivity contribution in [2.24, 2.45) is 0 Å². The number of benzene rings is 1. The van der Waals surface area contributed by atoms with Crippen LogP contribution < -0.4 is 0 Å². The Bertz CT molecular complexity index is 501. The Balaban J connectivity index is 2.44. The average Bonchev–Trinajstić information content (AvgIpc) is 2.43. The van der Waals surface area contributed by atoms with E-state index < -0.39 is 9.84 Å². The van der Waals surface area contributed by atoms with E-state index in [4.69, 9.17) is 0 Å². The van der Waals surface area contributed by atoms with Crippen LogP contribution in [0.3, 0.4) is 0 Å². The molecular formula is C17H26O2S. The SMILES string of the molecule is CCCCCCCC/C(C)=C/S(=O)(=O)c1ccccc1. The van der Waals surface area contributed by atoms with E-state index in [1.807, 2.05) is 13.0 Å². The van der Waals surface area contributed by atoms with Crippen molar-refractivity contribution in [2.45, 2.75) is 63.7 Å². The molecule has 2 nitrogen and oxygen atoms in total. The summed E-state index contributed by atoms with van der Waals surface area (Å²) in [6, 6.07) is 8.62. The zero-order chi connectivity index (χ0) is 14.8. The third-order valence-corrected chi connectivity index (χ3v) is 4.99. The maximum Gasteiger partial charge on any atom is 0.199 e. The second-order valence-corrected chi connectivity index (χ2v) is 7.14. The molecule has 0 heterocycles. The van der Waals surface area contributed by atoms with Gasteiger partial charge in [0.2, 0.25) is 0 Å². The van der Waals surface area contributed by atoms with Crippen molar-refractivity contribution < 1.29 is 8.42 Å². The smallest absolute Gasteiger partial charge is 0.199 e. The van der Waals surface area contributed by atoms with E-state index in [1.54, 1.807) is 24.3 Å². The summed E-state index contributed by atoms with van der Waals surface area (Å²) in [5, 5.41) is 1.42. The van der Waals surface area contributed by atoms with Gasteiger partial charge in [-0.3, -0.25) is 0 Å². The minimum Gasteiger partial charge on any atom is -0.219 e. The molecule has 0 N–H and O–H groups in total. The third-order valence-electron chi connectivity index (χ3n) is 3.35. The summed E-state index contributed by atoms with van der Waals surface area (Å²) in [5.41, 5.74) is 0.948. The van der Waals surface area contributed by atoms with Crippen molar-refractivity contribution in [3.8, 4) is 0 Å². The standard InChI is InChI=1S/C17H26O2S/c1-3-4-5-6-7-9-12-16(2)15-20(18,19)17-13-10-8-11-14-17/h8,10-11,13-15H,3-7,9,12H2,1-2H3/b16-15+. The van der Waals surface area contributed by atoms with Crippen LogP contribution >= 0.6 is 0 Å². The van der Waals surface area contributed by atoms with Gasteiger partial charge in [-0.2, -0.15) is 0 Å². The Morgan fingerprint density at radius 1 is 1.00 bits per heavy atom. The first-order valence-electron chi connectivity index (χ1n) is 7.53. The topological polar surface area (TPSA) is 34.1 Å². The van der Waals surface area contributed by atoms with Crippen molar-refractivity contribution in [1.29, 1.82) is 0 Å². The number of unbranched alkanes of at least 4 members (excludes halogenated alkanes) is 5. The van der Waals surface area contributed by atoms with Gasteiger partial charge in [0.1, 0.15) is 0 Å². The molecule has 0 amide bonds. The van der Waals surface area contributed by atoms with Gasteiger partial charge in [-0.15, -0.1) is 0 Å². The first-order valence-corrected chi connectivity index (χ1v) is 9.08. The molecule has 0 aliphatic heterocycles. The van der Waals surface area contributed by atoms with Gasteiger partial charge in [0.25, 0.3) is 0 Å². The normalized spacial score (nSPS) is 12.6. The summed E-state index contributed by atoms with van der Waals surface area (Å²) in [7, 11) is -3.27. The molecule has 0 spiro atoms. The van der Waals surface area contributed by atoms with E-state index in [9.17, 15) is 8.42 Å². The molecule has 0 aliphatic carbocycles. The van der Waals surface area contributed by atoms with E-state index >= 15 is 0 Å². The largest absolute Gasteiger partial charge is 0.219 e. The Hall–Kier alpha value is -1.09. The van der Waals surface area contributed by atoms with Crippen LogP contribution in [-0.4, -0.2) is 8.42 Å². The lowest BCUT2D eigenvalue weighted by molar-refractivity contribution is 0.601. The van der Waals surface area contributed by atoms with E-state index in [0.717, 1.165) is 18.4 Å². The Morgan fingerprint density at radius 2 is 1.60 bits per heavy atom. The fourth-order valence-corrected chi connectivity index (χ4v) is 3.51. The van der Waals surface area contributed by atoms with Gasteiger partial charge in [-0.05, 0) is 31.9 Å². The van der Waals surface area contributed by atoms with E-state index in [0.29, 0.717) is 4.90 Å². The summed E-state index contributed by atoms with van der Waals surface area (Å²) in [6.07, 6.45) is 8.25. The number of rotatable bonds is 9. The van der Waals surface area contributed by atoms with Crippen LogP contribution in [0.5, 0.6) is 0 Å². The van der Waals surface area contributed by atoms with Gasteiger partial charge in [0.05, 0.1) is 4.90 Å². The van der Waals surface area contributed by atoms with Crippen molar-refractivity contribution in [2.75, 3.05) is 0 Å². The van der Waals surface area contributed by atoms with Crippen molar-refractivity contribution >= 4 is 9.84 Å². The molecule has 1 rings (SSSR count). The predicted molar refractivity (Wildman–Crippen MR) is 85.4 cm³/mol. The molecule has 0 saturated carbocycles. The van der Waals surface area contributed by atoms with Gasteiger partial charge in [-0.1, -0.05) is 62.8 Å². The minimum atomic E-state index is -3.27. The Kier molecular flexibility index (Phi) is 7.60. The first kappa shape index (κ1) is 17.0. The summed E-state index contributed by atoms with van der Waals surface area (Å²) < 4.78 is 24.3. The highest BCUT2D eigenvalue weighted by atomic mass is 32.2. The maximum atomic E-state index is 12.1. The first-order chi connectivity index (χ1) is 9.56. The van der Waals surface area contributed by atoms with Gasteiger partial charge in [0, 0.05) is 5.41 Å². The molecular weight excluding hydrogens is 268 g/mol. The van der Waals surface area contributed by atoms with Gasteiger partial charge in [-0.25, -0.2) is 8.42 Å².